The smallest absolute Gasteiger partial charge is 0.124 e. The molecular formula is C10H11N3S. The molecule has 0 saturated heterocycles. The fourth-order valence-electron chi connectivity index (χ4n) is 1.93. The predicted molar refractivity (Wildman–Crippen MR) is 57.8 cm³/mol. The van der Waals surface area contributed by atoms with Crippen LogP contribution in [-0.4, -0.2) is 16.3 Å². The lowest BCUT2D eigenvalue weighted by atomic mass is 10.1. The number of nitrogens with zero attached hydrogens (tertiary/aromatic N) is 2. The minimum atomic E-state index is 0.424. The summed E-state index contributed by atoms with van der Waals surface area (Å²) in [5, 5.41) is 12.0. The Hall–Kier alpha value is -1.29. The summed E-state index contributed by atoms with van der Waals surface area (Å²) in [4.78, 5) is 0. The van der Waals surface area contributed by atoms with Crippen LogP contribution in [0.1, 0.15) is 18.0 Å². The molecule has 4 heteroatoms. The molecule has 1 atom stereocenters. The van der Waals surface area contributed by atoms with Crippen LogP contribution in [0.3, 0.4) is 0 Å². The third kappa shape index (κ3) is 1.14. The number of thiophene rings is 1. The molecule has 1 aliphatic rings. The van der Waals surface area contributed by atoms with Crippen LogP contribution in [0.15, 0.2) is 29.1 Å². The second-order valence-electron chi connectivity index (χ2n) is 3.45. The molecule has 2 aromatic rings. The highest BCUT2D eigenvalue weighted by atomic mass is 32.1. The Labute approximate surface area is 86.4 Å². The van der Waals surface area contributed by atoms with Crippen LogP contribution in [0.4, 0.5) is 5.82 Å². The van der Waals surface area contributed by atoms with E-state index in [4.69, 9.17) is 0 Å². The normalized spacial score (nSPS) is 20.1. The lowest BCUT2D eigenvalue weighted by Crippen LogP contribution is -2.23. The van der Waals surface area contributed by atoms with Gasteiger partial charge in [-0.1, -0.05) is 0 Å². The van der Waals surface area contributed by atoms with E-state index >= 15 is 0 Å². The van der Waals surface area contributed by atoms with E-state index in [1.165, 1.54) is 5.56 Å². The number of hydrogen-bond donors (Lipinski definition) is 1. The van der Waals surface area contributed by atoms with Gasteiger partial charge in [0.1, 0.15) is 5.82 Å². The van der Waals surface area contributed by atoms with Gasteiger partial charge in [-0.15, -0.1) is 0 Å². The lowest BCUT2D eigenvalue weighted by Gasteiger charge is -2.25. The number of fused-ring (bicyclic) bond motifs is 1. The van der Waals surface area contributed by atoms with Crippen molar-refractivity contribution >= 4 is 17.2 Å². The van der Waals surface area contributed by atoms with Crippen LogP contribution in [0, 0.1) is 0 Å². The molecule has 0 bridgehead atoms. The first-order chi connectivity index (χ1) is 6.95. The Morgan fingerprint density at radius 3 is 3.36 bits per heavy atom. The Morgan fingerprint density at radius 1 is 1.50 bits per heavy atom. The van der Waals surface area contributed by atoms with Gasteiger partial charge in [0.05, 0.1) is 12.2 Å². The topological polar surface area (TPSA) is 29.9 Å². The van der Waals surface area contributed by atoms with Crippen LogP contribution in [0.5, 0.6) is 0 Å². The SMILES string of the molecule is c1cc2n(n1)C(c1ccsc1)CCN2. The lowest BCUT2D eigenvalue weighted by molar-refractivity contribution is 0.483. The van der Waals surface area contributed by atoms with E-state index in [0.717, 1.165) is 18.8 Å². The van der Waals surface area contributed by atoms with Crippen molar-refractivity contribution < 1.29 is 0 Å². The summed E-state index contributed by atoms with van der Waals surface area (Å²) in [6, 6.07) is 4.64. The minimum Gasteiger partial charge on any atom is -0.370 e. The molecule has 1 N–H and O–H groups in total. The van der Waals surface area contributed by atoms with E-state index in [1.807, 2.05) is 12.3 Å². The maximum absolute atomic E-state index is 4.35. The third-order valence-corrected chi connectivity index (χ3v) is 3.32. The largest absolute Gasteiger partial charge is 0.370 e. The highest BCUT2D eigenvalue weighted by Gasteiger charge is 2.21. The predicted octanol–water partition coefficient (Wildman–Crippen LogP) is 2.35. The first-order valence-corrected chi connectivity index (χ1v) is 5.69. The van der Waals surface area contributed by atoms with Gasteiger partial charge in [-0.2, -0.15) is 16.4 Å². The Balaban J connectivity index is 2.04. The van der Waals surface area contributed by atoms with Crippen molar-refractivity contribution in [2.24, 2.45) is 0 Å². The summed E-state index contributed by atoms with van der Waals surface area (Å²) >= 11 is 1.75. The molecule has 1 aliphatic heterocycles. The van der Waals surface area contributed by atoms with Gasteiger partial charge in [0.15, 0.2) is 0 Å². The van der Waals surface area contributed by atoms with Crippen LogP contribution in [0.25, 0.3) is 0 Å². The summed E-state index contributed by atoms with van der Waals surface area (Å²) < 4.78 is 2.07. The molecule has 0 saturated carbocycles. The first-order valence-electron chi connectivity index (χ1n) is 4.74. The van der Waals surface area contributed by atoms with Gasteiger partial charge in [-0.25, -0.2) is 4.68 Å². The zero-order valence-electron chi connectivity index (χ0n) is 7.68. The number of aromatic nitrogens is 2. The molecule has 3 heterocycles. The van der Waals surface area contributed by atoms with Crippen molar-refractivity contribution in [1.29, 1.82) is 0 Å². The fourth-order valence-corrected chi connectivity index (χ4v) is 2.64. The van der Waals surface area contributed by atoms with Crippen molar-refractivity contribution in [3.63, 3.8) is 0 Å². The monoisotopic (exact) mass is 205 g/mol. The number of rotatable bonds is 1. The van der Waals surface area contributed by atoms with Gasteiger partial charge >= 0.3 is 0 Å². The van der Waals surface area contributed by atoms with Crippen molar-refractivity contribution in [2.45, 2.75) is 12.5 Å². The van der Waals surface area contributed by atoms with E-state index in [1.54, 1.807) is 11.3 Å². The highest BCUT2D eigenvalue weighted by molar-refractivity contribution is 7.07. The summed E-state index contributed by atoms with van der Waals surface area (Å²) in [7, 11) is 0. The first kappa shape index (κ1) is 8.05. The average molecular weight is 205 g/mol. The second-order valence-corrected chi connectivity index (χ2v) is 4.23. The van der Waals surface area contributed by atoms with Crippen molar-refractivity contribution in [3.8, 4) is 0 Å². The molecule has 1 unspecified atom stereocenters. The second kappa shape index (κ2) is 3.13. The number of hydrogen-bond acceptors (Lipinski definition) is 3. The molecule has 0 aliphatic carbocycles. The molecule has 3 nitrogen and oxygen atoms in total. The van der Waals surface area contributed by atoms with E-state index in [-0.39, 0.29) is 0 Å². The molecule has 0 radical (unpaired) electrons. The standard InChI is InChI=1S/C10H11N3S/c1-4-11-10-2-5-12-13(10)9(1)8-3-6-14-7-8/h2-3,5-7,9,11H,1,4H2. The number of nitrogens with one attached hydrogen (secondary N) is 1. The van der Waals surface area contributed by atoms with Gasteiger partial charge in [0, 0.05) is 12.6 Å². The zero-order valence-corrected chi connectivity index (χ0v) is 8.50. The van der Waals surface area contributed by atoms with E-state index in [0.29, 0.717) is 6.04 Å². The average Bonchev–Trinajstić information content (AvgIpc) is 2.88. The molecular weight excluding hydrogens is 194 g/mol. The van der Waals surface area contributed by atoms with Crippen molar-refractivity contribution in [3.05, 3.63) is 34.7 Å². The van der Waals surface area contributed by atoms with Gasteiger partial charge in [0.2, 0.25) is 0 Å². The summed E-state index contributed by atoms with van der Waals surface area (Å²) in [5.41, 5.74) is 1.38. The van der Waals surface area contributed by atoms with Gasteiger partial charge in [-0.05, 0) is 28.8 Å². The minimum absolute atomic E-state index is 0.424. The van der Waals surface area contributed by atoms with Crippen LogP contribution in [-0.2, 0) is 0 Å². The third-order valence-electron chi connectivity index (χ3n) is 2.62. The number of anilines is 1. The van der Waals surface area contributed by atoms with E-state index < -0.39 is 0 Å². The maximum Gasteiger partial charge on any atom is 0.124 e. The maximum atomic E-state index is 4.35. The fraction of sp³-hybridized carbons (Fsp3) is 0.300. The molecule has 0 amide bonds. The molecule has 3 rings (SSSR count). The van der Waals surface area contributed by atoms with E-state index in [2.05, 4.69) is 31.9 Å². The molecule has 14 heavy (non-hydrogen) atoms. The summed E-state index contributed by atoms with van der Waals surface area (Å²) in [5.74, 6) is 1.13. The van der Waals surface area contributed by atoms with Gasteiger partial charge in [0.25, 0.3) is 0 Å². The molecule has 0 fully saturated rings. The summed E-state index contributed by atoms with van der Waals surface area (Å²) in [6.07, 6.45) is 2.97. The van der Waals surface area contributed by atoms with Crippen molar-refractivity contribution in [2.75, 3.05) is 11.9 Å². The molecule has 2 aromatic heterocycles. The molecule has 0 aromatic carbocycles. The quantitative estimate of drug-likeness (QED) is 0.774. The Morgan fingerprint density at radius 2 is 2.50 bits per heavy atom. The molecule has 0 spiro atoms. The van der Waals surface area contributed by atoms with Gasteiger partial charge < -0.3 is 5.32 Å². The molecule has 72 valence electrons. The highest BCUT2D eigenvalue weighted by Crippen LogP contribution is 2.29. The van der Waals surface area contributed by atoms with Crippen LogP contribution >= 0.6 is 11.3 Å². The van der Waals surface area contributed by atoms with Crippen LogP contribution < -0.4 is 5.32 Å². The van der Waals surface area contributed by atoms with Crippen LogP contribution in [0.2, 0.25) is 0 Å². The zero-order chi connectivity index (χ0) is 9.38. The summed E-state index contributed by atoms with van der Waals surface area (Å²) in [6.45, 7) is 1.03. The Kier molecular flexibility index (Phi) is 1.80. The Bertz CT molecular complexity index is 418. The van der Waals surface area contributed by atoms with Gasteiger partial charge in [-0.3, -0.25) is 0 Å². The van der Waals surface area contributed by atoms with E-state index in [9.17, 15) is 0 Å². The van der Waals surface area contributed by atoms with Crippen molar-refractivity contribution in [1.82, 2.24) is 9.78 Å².